The number of nitrogens with zero attached hydrogens (tertiary/aromatic N) is 4. The summed E-state index contributed by atoms with van der Waals surface area (Å²) in [6.07, 6.45) is 1.97. The SMILES string of the molecule is CC[C@H]1O[C@@H](n2cc(C)c(NC(=O)c3ccccc3)nc2=O)C[C@@H]1OP(OCCC#N)N(C(C)C)C(C)C. The van der Waals surface area contributed by atoms with Gasteiger partial charge in [-0.1, -0.05) is 25.1 Å². The topological polar surface area (TPSA) is 119 Å². The predicted octanol–water partition coefficient (Wildman–Crippen LogP) is 5.16. The molecule has 10 nitrogen and oxygen atoms in total. The molecular formula is C27H38N5O5P. The van der Waals surface area contributed by atoms with Crippen LogP contribution in [0.5, 0.6) is 0 Å². The van der Waals surface area contributed by atoms with Crippen molar-refractivity contribution in [3.8, 4) is 6.07 Å². The molecule has 1 amide bonds. The highest BCUT2D eigenvalue weighted by Gasteiger charge is 2.40. The molecule has 0 spiro atoms. The van der Waals surface area contributed by atoms with Crippen molar-refractivity contribution in [2.45, 2.75) is 91.3 Å². The number of hydrogen-bond donors (Lipinski definition) is 1. The third kappa shape index (κ3) is 7.46. The zero-order valence-corrected chi connectivity index (χ0v) is 23.9. The maximum Gasteiger partial charge on any atom is 0.351 e. The van der Waals surface area contributed by atoms with E-state index in [1.54, 1.807) is 37.4 Å². The summed E-state index contributed by atoms with van der Waals surface area (Å²) in [6, 6.07) is 11.2. The molecule has 1 aliphatic heterocycles. The molecule has 2 aromatic rings. The minimum absolute atomic E-state index is 0.175. The van der Waals surface area contributed by atoms with Crippen LogP contribution in [-0.2, 0) is 13.8 Å². The highest BCUT2D eigenvalue weighted by atomic mass is 31.2. The van der Waals surface area contributed by atoms with Gasteiger partial charge in [-0.15, -0.1) is 0 Å². The van der Waals surface area contributed by atoms with E-state index in [9.17, 15) is 9.59 Å². The van der Waals surface area contributed by atoms with Gasteiger partial charge in [0.25, 0.3) is 14.4 Å². The van der Waals surface area contributed by atoms with Gasteiger partial charge >= 0.3 is 5.69 Å². The highest BCUT2D eigenvalue weighted by molar-refractivity contribution is 7.44. The fourth-order valence-corrected chi connectivity index (χ4v) is 6.18. The van der Waals surface area contributed by atoms with E-state index in [1.165, 1.54) is 4.57 Å². The number of ether oxygens (including phenoxy) is 1. The fraction of sp³-hybridized carbons (Fsp3) is 0.556. The first-order chi connectivity index (χ1) is 18.2. The summed E-state index contributed by atoms with van der Waals surface area (Å²) in [5.74, 6) is -0.114. The zero-order chi connectivity index (χ0) is 27.8. The van der Waals surface area contributed by atoms with Gasteiger partial charge in [-0.05, 0) is 53.2 Å². The number of benzene rings is 1. The number of aromatic nitrogens is 2. The van der Waals surface area contributed by atoms with Gasteiger partial charge in [0.15, 0.2) is 0 Å². The molecule has 38 heavy (non-hydrogen) atoms. The van der Waals surface area contributed by atoms with E-state index in [4.69, 9.17) is 19.0 Å². The lowest BCUT2D eigenvalue weighted by atomic mass is 10.1. The smallest absolute Gasteiger partial charge is 0.351 e. The Morgan fingerprint density at radius 3 is 2.58 bits per heavy atom. The van der Waals surface area contributed by atoms with Crippen LogP contribution in [0.1, 0.15) is 76.0 Å². The number of anilines is 1. The molecule has 1 saturated heterocycles. The van der Waals surface area contributed by atoms with Crippen molar-refractivity contribution >= 4 is 20.3 Å². The van der Waals surface area contributed by atoms with Gasteiger partial charge in [0, 0.05) is 35.8 Å². The molecule has 0 radical (unpaired) electrons. The third-order valence-corrected chi connectivity index (χ3v) is 8.34. The summed E-state index contributed by atoms with van der Waals surface area (Å²) >= 11 is 0. The molecule has 11 heteroatoms. The van der Waals surface area contributed by atoms with Gasteiger partial charge in [0.1, 0.15) is 12.0 Å². The standard InChI is InChI=1S/C27H38N5O5P/c1-7-22-23(37-38(35-15-11-14-28)32(18(2)3)19(4)5)16-24(36-22)31-17-20(6)25(30-27(31)34)29-26(33)21-12-9-8-10-13-21/h8-10,12-13,17-19,22-24H,7,11,15-16H2,1-6H3,(H,29,30,33,34)/t22-,23+,24-,38?/m1/s1. The average molecular weight is 544 g/mol. The first-order valence-corrected chi connectivity index (χ1v) is 14.2. The minimum atomic E-state index is -1.45. The number of rotatable bonds is 12. The van der Waals surface area contributed by atoms with E-state index in [-0.39, 0.29) is 49.0 Å². The Bertz CT molecular complexity index is 1160. The zero-order valence-electron chi connectivity index (χ0n) is 23.0. The van der Waals surface area contributed by atoms with E-state index >= 15 is 0 Å². The highest BCUT2D eigenvalue weighted by Crippen LogP contribution is 2.50. The van der Waals surface area contributed by atoms with E-state index in [0.717, 1.165) is 0 Å². The van der Waals surface area contributed by atoms with Gasteiger partial charge in [-0.2, -0.15) is 10.2 Å². The van der Waals surface area contributed by atoms with Gasteiger partial charge in [0.2, 0.25) is 0 Å². The van der Waals surface area contributed by atoms with Crippen molar-refractivity contribution in [3.05, 3.63) is 58.1 Å². The molecule has 1 unspecified atom stereocenters. The van der Waals surface area contributed by atoms with Crippen molar-refractivity contribution < 1.29 is 18.6 Å². The molecular weight excluding hydrogens is 505 g/mol. The van der Waals surface area contributed by atoms with Crippen LogP contribution in [0.25, 0.3) is 0 Å². The van der Waals surface area contributed by atoms with Crippen LogP contribution in [0.2, 0.25) is 0 Å². The van der Waals surface area contributed by atoms with Crippen LogP contribution in [0.4, 0.5) is 5.82 Å². The molecule has 2 heterocycles. The molecule has 4 atom stereocenters. The van der Waals surface area contributed by atoms with Crippen molar-refractivity contribution in [1.82, 2.24) is 14.2 Å². The van der Waals surface area contributed by atoms with Crippen molar-refractivity contribution in [2.24, 2.45) is 0 Å². The number of nitriles is 1. The van der Waals surface area contributed by atoms with Gasteiger partial charge < -0.3 is 19.1 Å². The van der Waals surface area contributed by atoms with E-state index in [2.05, 4.69) is 48.7 Å². The summed E-state index contributed by atoms with van der Waals surface area (Å²) in [7, 11) is -1.45. The number of hydrogen-bond acceptors (Lipinski definition) is 8. The van der Waals surface area contributed by atoms with Gasteiger partial charge in [0.05, 0.1) is 31.3 Å². The number of carbonyl (C=O) groups is 1. The van der Waals surface area contributed by atoms with Crippen LogP contribution in [0.15, 0.2) is 41.3 Å². The van der Waals surface area contributed by atoms with Crippen LogP contribution < -0.4 is 11.0 Å². The molecule has 206 valence electrons. The maximum absolute atomic E-state index is 13.0. The lowest BCUT2D eigenvalue weighted by Crippen LogP contribution is -2.35. The summed E-state index contributed by atoms with van der Waals surface area (Å²) in [5, 5.41) is 11.7. The predicted molar refractivity (Wildman–Crippen MR) is 147 cm³/mol. The van der Waals surface area contributed by atoms with Crippen molar-refractivity contribution in [1.29, 1.82) is 5.26 Å². The lowest BCUT2D eigenvalue weighted by molar-refractivity contribution is -0.0201. The molecule has 1 aliphatic rings. The lowest BCUT2D eigenvalue weighted by Gasteiger charge is -2.37. The van der Waals surface area contributed by atoms with Crippen LogP contribution >= 0.6 is 8.53 Å². The summed E-state index contributed by atoms with van der Waals surface area (Å²) in [6.45, 7) is 12.4. The van der Waals surface area contributed by atoms with Gasteiger partial charge in [-0.3, -0.25) is 9.36 Å². The first-order valence-electron chi connectivity index (χ1n) is 13.0. The third-order valence-electron chi connectivity index (χ3n) is 6.18. The molecule has 0 bridgehead atoms. The molecule has 0 aliphatic carbocycles. The molecule has 1 aromatic carbocycles. The Morgan fingerprint density at radius 1 is 1.29 bits per heavy atom. The molecule has 0 saturated carbocycles. The largest absolute Gasteiger partial charge is 0.352 e. The van der Waals surface area contributed by atoms with Crippen LogP contribution in [0.3, 0.4) is 0 Å². The Morgan fingerprint density at radius 2 is 1.97 bits per heavy atom. The van der Waals surface area contributed by atoms with E-state index in [1.807, 2.05) is 13.0 Å². The maximum atomic E-state index is 13.0. The normalized spacial score (nSPS) is 20.2. The van der Waals surface area contributed by atoms with E-state index in [0.29, 0.717) is 24.0 Å². The van der Waals surface area contributed by atoms with Crippen LogP contribution in [0, 0.1) is 18.3 Å². The number of aryl methyl sites for hydroxylation is 1. The summed E-state index contributed by atoms with van der Waals surface area (Å²) < 4.78 is 22.5. The first kappa shape index (κ1) is 29.9. The van der Waals surface area contributed by atoms with Crippen LogP contribution in [-0.4, -0.2) is 51.0 Å². The van der Waals surface area contributed by atoms with Crippen molar-refractivity contribution in [2.75, 3.05) is 11.9 Å². The molecule has 1 aromatic heterocycles. The second-order valence-electron chi connectivity index (χ2n) is 9.75. The fourth-order valence-electron chi connectivity index (χ4n) is 4.42. The Hall–Kier alpha value is -2.67. The second kappa shape index (κ2) is 13.9. The summed E-state index contributed by atoms with van der Waals surface area (Å²) in [4.78, 5) is 29.7. The van der Waals surface area contributed by atoms with Gasteiger partial charge in [-0.25, -0.2) is 9.46 Å². The number of carbonyl (C=O) groups excluding carboxylic acids is 1. The van der Waals surface area contributed by atoms with Crippen molar-refractivity contribution in [3.63, 3.8) is 0 Å². The number of amides is 1. The molecule has 1 fully saturated rings. The Labute approximate surface area is 225 Å². The molecule has 1 N–H and O–H groups in total. The Kier molecular flexibility index (Phi) is 11.0. The summed E-state index contributed by atoms with van der Waals surface area (Å²) in [5.41, 5.74) is 0.605. The average Bonchev–Trinajstić information content (AvgIpc) is 3.28. The molecule has 3 rings (SSSR count). The minimum Gasteiger partial charge on any atom is -0.352 e. The monoisotopic (exact) mass is 543 g/mol. The quantitative estimate of drug-likeness (QED) is 0.288. The number of nitrogens with one attached hydrogen (secondary N) is 1. The Balaban J connectivity index is 1.78. The second-order valence-corrected chi connectivity index (χ2v) is 11.2. The van der Waals surface area contributed by atoms with E-state index < -0.39 is 20.4 Å².